The number of hydrogen-bond donors (Lipinski definition) is 2. The first-order chi connectivity index (χ1) is 29.5. The fourth-order valence-electron chi connectivity index (χ4n) is 11.5. The molecule has 0 spiro atoms. The Morgan fingerprint density at radius 3 is 2.21 bits per heavy atom. The minimum absolute atomic E-state index is 0.0555. The zero-order valence-corrected chi connectivity index (χ0v) is 35.3. The summed E-state index contributed by atoms with van der Waals surface area (Å²) in [6.45, 7) is 3.35. The van der Waals surface area contributed by atoms with E-state index < -0.39 is 11.2 Å². The van der Waals surface area contributed by atoms with Crippen LogP contribution in [-0.4, -0.2) is 79.4 Å². The normalized spacial score (nSPS) is 25.6. The van der Waals surface area contributed by atoms with Crippen LogP contribution in [0.4, 0.5) is 11.4 Å². The maximum Gasteiger partial charge on any atom is 0.222 e. The maximum absolute atomic E-state index is 12.4. The molecule has 2 N–H and O–H groups in total. The van der Waals surface area contributed by atoms with Crippen LogP contribution in [0.15, 0.2) is 98.1 Å². The molecule has 2 aromatic carbocycles. The summed E-state index contributed by atoms with van der Waals surface area (Å²) in [5.74, 6) is 0.797. The molecule has 2 aliphatic heterocycles. The summed E-state index contributed by atoms with van der Waals surface area (Å²) in [6, 6.07) is 15.7. The summed E-state index contributed by atoms with van der Waals surface area (Å²) >= 11 is 14.3. The molecule has 2 saturated carbocycles. The number of benzene rings is 2. The van der Waals surface area contributed by atoms with Gasteiger partial charge in [0.05, 0.1) is 68.5 Å². The van der Waals surface area contributed by atoms with Crippen LogP contribution >= 0.6 is 23.2 Å². The number of pyridine rings is 2. The topological polar surface area (TPSA) is 135 Å². The number of aromatic nitrogens is 10. The van der Waals surface area contributed by atoms with Crippen molar-refractivity contribution in [3.05, 3.63) is 125 Å². The van der Waals surface area contributed by atoms with E-state index in [0.717, 1.165) is 87.1 Å². The molecule has 0 amide bonds. The van der Waals surface area contributed by atoms with Crippen molar-refractivity contribution in [2.45, 2.75) is 55.9 Å². The van der Waals surface area contributed by atoms with Crippen molar-refractivity contribution in [3.63, 3.8) is 0 Å². The van der Waals surface area contributed by atoms with E-state index in [1.54, 1.807) is 29.5 Å². The second-order valence-corrected chi connectivity index (χ2v) is 18.2. The van der Waals surface area contributed by atoms with Gasteiger partial charge in [-0.15, -0.1) is 14.5 Å². The van der Waals surface area contributed by atoms with Gasteiger partial charge in [-0.1, -0.05) is 35.3 Å². The van der Waals surface area contributed by atoms with E-state index in [-0.39, 0.29) is 23.9 Å². The Kier molecular flexibility index (Phi) is 7.95. The van der Waals surface area contributed by atoms with Gasteiger partial charge in [0.15, 0.2) is 12.7 Å². The monoisotopic (exact) mass is 853 g/mol. The lowest BCUT2D eigenvalue weighted by molar-refractivity contribution is -0.744. The largest absolute Gasteiger partial charge is 0.383 e. The summed E-state index contributed by atoms with van der Waals surface area (Å²) < 4.78 is 9.58. The van der Waals surface area contributed by atoms with Gasteiger partial charge in [0.1, 0.15) is 23.1 Å². The Bertz CT molecular complexity index is 3070. The summed E-state index contributed by atoms with van der Waals surface area (Å²) in [5, 5.41) is 42.1. The Hall–Kier alpha value is -5.80. The minimum atomic E-state index is -1.02. The molecule has 8 heterocycles. The SMILES string of the molecule is Cc1ncccc1C1(O)[C@@H]2CC[C@H]1N(c1cc3c(cnn3-c3cn(-c4nn(-c5cnn(C)c5)c5cc(N6C[C@H]7CC[C@@H]6C7(O)c6cccnc6)c(Cl)cc45)[n+](C)c3)cc1Cl)C2. The number of rotatable bonds is 7. The first-order valence-electron chi connectivity index (χ1n) is 20.8. The lowest BCUT2D eigenvalue weighted by atomic mass is 9.84. The van der Waals surface area contributed by atoms with Crippen molar-refractivity contribution in [3.8, 4) is 17.2 Å². The Balaban J connectivity index is 0.936. The van der Waals surface area contributed by atoms with Gasteiger partial charge in [0.2, 0.25) is 12.0 Å². The summed E-state index contributed by atoms with van der Waals surface area (Å²) in [6.07, 6.45) is 18.5. The highest BCUT2D eigenvalue weighted by Gasteiger charge is 2.60. The van der Waals surface area contributed by atoms with E-state index >= 15 is 0 Å². The number of fused-ring (bicyclic) bond motifs is 6. The highest BCUT2D eigenvalue weighted by molar-refractivity contribution is 6.34. The van der Waals surface area contributed by atoms with Crippen molar-refractivity contribution < 1.29 is 14.9 Å². The quantitative estimate of drug-likeness (QED) is 0.183. The van der Waals surface area contributed by atoms with Gasteiger partial charge >= 0.3 is 0 Å². The van der Waals surface area contributed by atoms with Crippen LogP contribution < -0.4 is 14.5 Å². The minimum Gasteiger partial charge on any atom is -0.383 e. The van der Waals surface area contributed by atoms with Gasteiger partial charge in [-0.2, -0.15) is 10.2 Å². The first-order valence-corrected chi connectivity index (χ1v) is 21.6. The number of hydrogen-bond acceptors (Lipinski definition) is 9. The van der Waals surface area contributed by atoms with Gasteiger partial charge in [0.25, 0.3) is 0 Å². The van der Waals surface area contributed by atoms with Crippen LogP contribution in [0.25, 0.3) is 39.0 Å². The van der Waals surface area contributed by atoms with Crippen molar-refractivity contribution in [2.75, 3.05) is 22.9 Å². The molecule has 308 valence electrons. The molecule has 2 aliphatic carbocycles. The van der Waals surface area contributed by atoms with E-state index in [9.17, 15) is 10.2 Å². The maximum atomic E-state index is 12.4. The molecule has 12 rings (SSSR count). The molecular weight excluding hydrogens is 811 g/mol. The van der Waals surface area contributed by atoms with E-state index in [0.29, 0.717) is 29.0 Å². The second-order valence-electron chi connectivity index (χ2n) is 17.4. The number of anilines is 2. The Labute approximate surface area is 360 Å². The van der Waals surface area contributed by atoms with Crippen molar-refractivity contribution in [1.82, 2.24) is 44.0 Å². The highest BCUT2D eigenvalue weighted by atomic mass is 35.5. The third-order valence-corrected chi connectivity index (χ3v) is 14.9. The zero-order valence-electron chi connectivity index (χ0n) is 33.8. The number of nitrogens with zero attached hydrogens (tertiary/aromatic N) is 12. The van der Waals surface area contributed by atoms with Gasteiger partial charge in [-0.25, -0.2) is 9.36 Å². The fraction of sp³-hybridized carbons (Fsp3) is 0.333. The predicted molar refractivity (Wildman–Crippen MR) is 232 cm³/mol. The third-order valence-electron chi connectivity index (χ3n) is 14.3. The first kappa shape index (κ1) is 37.0. The molecule has 4 aliphatic rings. The highest BCUT2D eigenvalue weighted by Crippen LogP contribution is 2.56. The van der Waals surface area contributed by atoms with E-state index in [1.807, 2.05) is 101 Å². The summed E-state index contributed by atoms with van der Waals surface area (Å²) in [7, 11) is 3.87. The molecule has 0 radical (unpaired) electrons. The molecule has 4 bridgehead atoms. The van der Waals surface area contributed by atoms with Gasteiger partial charge in [-0.3, -0.25) is 14.6 Å². The predicted octanol–water partition coefficient (Wildman–Crippen LogP) is 6.09. The van der Waals surface area contributed by atoms with Crippen LogP contribution in [0.1, 0.15) is 42.5 Å². The van der Waals surface area contributed by atoms with Crippen molar-refractivity contribution in [2.24, 2.45) is 25.9 Å². The number of aryl methyl sites for hydroxylation is 3. The molecule has 6 atom stereocenters. The molecule has 8 aromatic rings. The Morgan fingerprint density at radius 2 is 1.49 bits per heavy atom. The summed E-state index contributed by atoms with van der Waals surface area (Å²) in [4.78, 5) is 13.4. The molecule has 61 heavy (non-hydrogen) atoms. The number of aliphatic hydroxyl groups is 2. The average molecular weight is 855 g/mol. The summed E-state index contributed by atoms with van der Waals surface area (Å²) in [5.41, 5.74) is 5.69. The smallest absolute Gasteiger partial charge is 0.222 e. The number of halogens is 2. The van der Waals surface area contributed by atoms with Gasteiger partial charge < -0.3 is 20.0 Å². The van der Waals surface area contributed by atoms with E-state index in [2.05, 4.69) is 37.0 Å². The van der Waals surface area contributed by atoms with Crippen molar-refractivity contribution >= 4 is 56.4 Å². The molecule has 4 fully saturated rings. The van der Waals surface area contributed by atoms with E-state index in [4.69, 9.17) is 33.4 Å². The van der Waals surface area contributed by atoms with Gasteiger partial charge in [-0.05, 0) is 69.0 Å². The fourth-order valence-corrected chi connectivity index (χ4v) is 12.0. The molecule has 6 aromatic heterocycles. The lowest BCUT2D eigenvalue weighted by Crippen LogP contribution is -2.41. The molecule has 14 nitrogen and oxygen atoms in total. The molecule has 16 heteroatoms. The standard InChI is InChI=1S/C45H43Cl2N12O2/c1-26-34(7-5-13-49-26)45(61)30-9-11-42(45)56(22-30)39-16-37-27(14-35(39)46)18-51-58(37)32-24-54(3)57(25-32)43-33-15-36(47)40(17-38(33)59(52-43)31-20-50-53(2)23-31)55-21-29-8-10-41(55)44(29,60)28-6-4-12-48-19-28/h4-7,12-20,23-25,29-30,41-42,60-61H,8-11,21-22H2,1-3H3/q+1/t29-,30-,41-,42-,44?,45?/m1/s1. The molecular formula is C45H43Cl2N12O2+. The van der Waals surface area contributed by atoms with E-state index in [1.165, 1.54) is 0 Å². The van der Waals surface area contributed by atoms with Crippen LogP contribution in [0.3, 0.4) is 0 Å². The molecule has 2 saturated heterocycles. The van der Waals surface area contributed by atoms with Crippen molar-refractivity contribution in [1.29, 1.82) is 0 Å². The number of piperidine rings is 2. The second kappa shape index (κ2) is 13.1. The van der Waals surface area contributed by atoms with Crippen LogP contribution in [0.2, 0.25) is 10.0 Å². The Morgan fingerprint density at radius 1 is 0.770 bits per heavy atom. The third kappa shape index (κ3) is 5.16. The van der Waals surface area contributed by atoms with Gasteiger partial charge in [0, 0.05) is 72.8 Å². The lowest BCUT2D eigenvalue weighted by Gasteiger charge is -2.34. The van der Waals surface area contributed by atoms with Crippen LogP contribution in [-0.2, 0) is 25.3 Å². The van der Waals surface area contributed by atoms with Crippen LogP contribution in [0, 0.1) is 18.8 Å². The average Bonchev–Trinajstić information content (AvgIpc) is 4.16. The van der Waals surface area contributed by atoms with Crippen LogP contribution in [0.5, 0.6) is 0 Å². The molecule has 2 unspecified atom stereocenters. The zero-order chi connectivity index (χ0) is 41.5.